The van der Waals surface area contributed by atoms with E-state index in [0.717, 1.165) is 11.4 Å². The first-order valence-corrected chi connectivity index (χ1v) is 7.81. The number of carbonyl (C=O) groups is 2. The van der Waals surface area contributed by atoms with E-state index in [1.54, 1.807) is 24.4 Å². The Labute approximate surface area is 145 Å². The number of hydrogen-bond donors (Lipinski definition) is 2. The van der Waals surface area contributed by atoms with Crippen molar-refractivity contribution in [3.63, 3.8) is 0 Å². The molecule has 0 fully saturated rings. The molecule has 0 saturated heterocycles. The minimum absolute atomic E-state index is 0.0211. The van der Waals surface area contributed by atoms with Crippen LogP contribution in [0.25, 0.3) is 0 Å². The van der Waals surface area contributed by atoms with Crippen LogP contribution < -0.4 is 10.6 Å². The van der Waals surface area contributed by atoms with Gasteiger partial charge in [0, 0.05) is 23.1 Å². The Hall–Kier alpha value is -3.47. The van der Waals surface area contributed by atoms with E-state index in [9.17, 15) is 9.59 Å². The molecule has 3 rings (SSSR count). The van der Waals surface area contributed by atoms with E-state index in [1.165, 1.54) is 13.1 Å². The van der Waals surface area contributed by atoms with Gasteiger partial charge in [0.05, 0.1) is 17.4 Å². The van der Waals surface area contributed by atoms with E-state index < -0.39 is 0 Å². The van der Waals surface area contributed by atoms with Crippen molar-refractivity contribution >= 4 is 28.8 Å². The molecular formula is C20H17N3O2. The number of ketones is 1. The monoisotopic (exact) mass is 331 g/mol. The molecule has 25 heavy (non-hydrogen) atoms. The van der Waals surface area contributed by atoms with Crippen LogP contribution >= 0.6 is 0 Å². The van der Waals surface area contributed by atoms with Crippen LogP contribution in [0.1, 0.15) is 27.6 Å². The number of hydrogen-bond acceptors (Lipinski definition) is 4. The maximum atomic E-state index is 12.3. The van der Waals surface area contributed by atoms with Gasteiger partial charge in [-0.2, -0.15) is 0 Å². The van der Waals surface area contributed by atoms with E-state index in [0.29, 0.717) is 16.8 Å². The summed E-state index contributed by atoms with van der Waals surface area (Å²) in [6.45, 7) is 1.53. The van der Waals surface area contributed by atoms with Crippen molar-refractivity contribution < 1.29 is 9.59 Å². The maximum absolute atomic E-state index is 12.3. The van der Waals surface area contributed by atoms with Gasteiger partial charge in [-0.3, -0.25) is 14.6 Å². The van der Waals surface area contributed by atoms with E-state index in [4.69, 9.17) is 0 Å². The second-order valence-corrected chi connectivity index (χ2v) is 5.54. The molecule has 0 aliphatic carbocycles. The van der Waals surface area contributed by atoms with E-state index in [-0.39, 0.29) is 11.7 Å². The van der Waals surface area contributed by atoms with Crippen LogP contribution in [-0.4, -0.2) is 16.7 Å². The van der Waals surface area contributed by atoms with Crippen molar-refractivity contribution in [2.45, 2.75) is 6.92 Å². The Balaban J connectivity index is 1.72. The zero-order valence-electron chi connectivity index (χ0n) is 13.7. The van der Waals surface area contributed by atoms with Gasteiger partial charge in [0.1, 0.15) is 0 Å². The van der Waals surface area contributed by atoms with Crippen molar-refractivity contribution in [2.24, 2.45) is 0 Å². The number of rotatable bonds is 5. The lowest BCUT2D eigenvalue weighted by atomic mass is 10.1. The molecule has 2 N–H and O–H groups in total. The molecule has 0 atom stereocenters. The third-order valence-corrected chi connectivity index (χ3v) is 3.61. The second kappa shape index (κ2) is 7.40. The van der Waals surface area contributed by atoms with Gasteiger partial charge in [-0.1, -0.05) is 18.2 Å². The summed E-state index contributed by atoms with van der Waals surface area (Å²) in [7, 11) is 0. The first-order chi connectivity index (χ1) is 12.1. The van der Waals surface area contributed by atoms with E-state index in [2.05, 4.69) is 15.6 Å². The third-order valence-electron chi connectivity index (χ3n) is 3.61. The zero-order chi connectivity index (χ0) is 17.6. The topological polar surface area (TPSA) is 71.1 Å². The Kier molecular flexibility index (Phi) is 4.85. The van der Waals surface area contributed by atoms with Gasteiger partial charge in [0.15, 0.2) is 5.78 Å². The SMILES string of the molecule is CC(=O)c1ccc(Nc2cncc(C(=O)Nc3ccccc3)c2)cc1. The molecule has 1 aromatic heterocycles. The summed E-state index contributed by atoms with van der Waals surface area (Å²) < 4.78 is 0. The molecule has 0 radical (unpaired) electrons. The minimum Gasteiger partial charge on any atom is -0.354 e. The molecule has 0 unspecified atom stereocenters. The molecular weight excluding hydrogens is 314 g/mol. The van der Waals surface area contributed by atoms with Gasteiger partial charge in [0.25, 0.3) is 5.91 Å². The Bertz CT molecular complexity index is 890. The van der Waals surface area contributed by atoms with Crippen LogP contribution in [0.4, 0.5) is 17.1 Å². The van der Waals surface area contributed by atoms with Gasteiger partial charge < -0.3 is 10.6 Å². The van der Waals surface area contributed by atoms with Crippen molar-refractivity contribution in [1.82, 2.24) is 4.98 Å². The highest BCUT2D eigenvalue weighted by molar-refractivity contribution is 6.04. The fraction of sp³-hybridized carbons (Fsp3) is 0.0500. The summed E-state index contributed by atoms with van der Waals surface area (Å²) in [6, 6.07) is 18.1. The number of aromatic nitrogens is 1. The summed E-state index contributed by atoms with van der Waals surface area (Å²) in [5, 5.41) is 6.00. The number of anilines is 3. The van der Waals surface area contributed by atoms with E-state index in [1.807, 2.05) is 42.5 Å². The lowest BCUT2D eigenvalue weighted by Gasteiger charge is -2.09. The molecule has 5 nitrogen and oxygen atoms in total. The fourth-order valence-electron chi connectivity index (χ4n) is 2.31. The second-order valence-electron chi connectivity index (χ2n) is 5.54. The quantitative estimate of drug-likeness (QED) is 0.685. The van der Waals surface area contributed by atoms with E-state index >= 15 is 0 Å². The lowest BCUT2D eigenvalue weighted by Crippen LogP contribution is -2.12. The lowest BCUT2D eigenvalue weighted by molar-refractivity contribution is 0.101. The third kappa shape index (κ3) is 4.29. The molecule has 124 valence electrons. The maximum Gasteiger partial charge on any atom is 0.257 e. The van der Waals surface area contributed by atoms with Gasteiger partial charge in [-0.25, -0.2) is 0 Å². The highest BCUT2D eigenvalue weighted by atomic mass is 16.1. The molecule has 0 spiro atoms. The normalized spacial score (nSPS) is 10.1. The van der Waals surface area contributed by atoms with Gasteiger partial charge in [-0.05, 0) is 49.4 Å². The number of nitrogens with zero attached hydrogens (tertiary/aromatic N) is 1. The van der Waals surface area contributed by atoms with Crippen molar-refractivity contribution in [3.8, 4) is 0 Å². The summed E-state index contributed by atoms with van der Waals surface area (Å²) in [6.07, 6.45) is 3.15. The molecule has 0 bridgehead atoms. The van der Waals surface area contributed by atoms with Crippen LogP contribution in [0.15, 0.2) is 73.1 Å². The predicted octanol–water partition coefficient (Wildman–Crippen LogP) is 4.28. The largest absolute Gasteiger partial charge is 0.354 e. The van der Waals surface area contributed by atoms with Crippen LogP contribution in [0.5, 0.6) is 0 Å². The average molecular weight is 331 g/mol. The highest BCUT2D eigenvalue weighted by Gasteiger charge is 2.08. The van der Waals surface area contributed by atoms with Crippen LogP contribution in [0.2, 0.25) is 0 Å². The number of benzene rings is 2. The fourth-order valence-corrected chi connectivity index (χ4v) is 2.31. The van der Waals surface area contributed by atoms with Gasteiger partial charge >= 0.3 is 0 Å². The molecule has 3 aromatic rings. The summed E-state index contributed by atoms with van der Waals surface area (Å²) >= 11 is 0. The first-order valence-electron chi connectivity index (χ1n) is 7.81. The van der Waals surface area contributed by atoms with Crippen molar-refractivity contribution in [3.05, 3.63) is 84.2 Å². The number of nitrogens with one attached hydrogen (secondary N) is 2. The number of pyridine rings is 1. The van der Waals surface area contributed by atoms with Crippen LogP contribution in [0.3, 0.4) is 0 Å². The Morgan fingerprint density at radius 1 is 0.800 bits per heavy atom. The predicted molar refractivity (Wildman–Crippen MR) is 98.4 cm³/mol. The smallest absolute Gasteiger partial charge is 0.257 e. The highest BCUT2D eigenvalue weighted by Crippen LogP contribution is 2.18. The molecule has 0 aliphatic heterocycles. The zero-order valence-corrected chi connectivity index (χ0v) is 13.7. The molecule has 0 aliphatic rings. The summed E-state index contributed by atoms with van der Waals surface area (Å²) in [5.74, 6) is -0.206. The summed E-state index contributed by atoms with van der Waals surface area (Å²) in [5.41, 5.74) is 3.34. The van der Waals surface area contributed by atoms with Gasteiger partial charge in [0.2, 0.25) is 0 Å². The number of amides is 1. The Morgan fingerprint density at radius 2 is 1.52 bits per heavy atom. The first kappa shape index (κ1) is 16.4. The molecule has 1 heterocycles. The molecule has 2 aromatic carbocycles. The number of para-hydroxylation sites is 1. The number of Topliss-reactive ketones (excluding diaryl/α,β-unsaturated/α-hetero) is 1. The minimum atomic E-state index is -0.228. The van der Waals surface area contributed by atoms with Crippen LogP contribution in [0, 0.1) is 0 Å². The van der Waals surface area contributed by atoms with Crippen molar-refractivity contribution in [1.29, 1.82) is 0 Å². The number of carbonyl (C=O) groups excluding carboxylic acids is 2. The van der Waals surface area contributed by atoms with Crippen molar-refractivity contribution in [2.75, 3.05) is 10.6 Å². The van der Waals surface area contributed by atoms with Crippen LogP contribution in [-0.2, 0) is 0 Å². The van der Waals surface area contributed by atoms with Gasteiger partial charge in [-0.15, -0.1) is 0 Å². The molecule has 0 saturated carbocycles. The molecule has 1 amide bonds. The summed E-state index contributed by atoms with van der Waals surface area (Å²) in [4.78, 5) is 27.7. The average Bonchev–Trinajstić information content (AvgIpc) is 2.63. The Morgan fingerprint density at radius 3 is 2.20 bits per heavy atom. The standard InChI is InChI=1S/C20H17N3O2/c1-14(24)15-7-9-18(10-8-15)22-19-11-16(12-21-13-19)20(25)23-17-5-3-2-4-6-17/h2-13,22H,1H3,(H,23,25). The molecule has 5 heteroatoms.